The molecular weight excluding hydrogens is 338 g/mol. The van der Waals surface area contributed by atoms with Crippen LogP contribution in [0, 0.1) is 17.6 Å². The molecule has 8 heteroatoms. The Labute approximate surface area is 122 Å². The molecule has 5 nitrogen and oxygen atoms in total. The van der Waals surface area contributed by atoms with E-state index in [0.29, 0.717) is 0 Å². The summed E-state index contributed by atoms with van der Waals surface area (Å²) in [7, 11) is 0. The SMILES string of the molecule is CC(NC(=O)Nc1c(F)cc(Br)cc1F)C(C)C(=O)O. The Morgan fingerprint density at radius 2 is 1.75 bits per heavy atom. The van der Waals surface area contributed by atoms with Gasteiger partial charge in [-0.3, -0.25) is 4.79 Å². The number of anilines is 1. The standard InChI is InChI=1S/C12H13BrF2N2O3/c1-5(11(18)19)6(2)16-12(20)17-10-8(14)3-7(13)4-9(10)15/h3-6H,1-2H3,(H,18,19)(H2,16,17,20). The Kier molecular flexibility index (Phi) is 5.43. The number of hydrogen-bond acceptors (Lipinski definition) is 2. The maximum atomic E-state index is 13.5. The molecule has 0 spiro atoms. The van der Waals surface area contributed by atoms with E-state index in [-0.39, 0.29) is 4.47 Å². The molecule has 0 bridgehead atoms. The van der Waals surface area contributed by atoms with E-state index in [4.69, 9.17) is 5.11 Å². The number of amides is 2. The molecule has 2 unspecified atom stereocenters. The summed E-state index contributed by atoms with van der Waals surface area (Å²) < 4.78 is 27.2. The van der Waals surface area contributed by atoms with Gasteiger partial charge in [-0.1, -0.05) is 15.9 Å². The normalized spacial score (nSPS) is 13.4. The van der Waals surface area contributed by atoms with Crippen molar-refractivity contribution in [1.29, 1.82) is 0 Å². The first kappa shape index (κ1) is 16.4. The quantitative estimate of drug-likeness (QED) is 0.781. The van der Waals surface area contributed by atoms with Crippen LogP contribution in [0.25, 0.3) is 0 Å². The number of halogens is 3. The Balaban J connectivity index is 2.75. The van der Waals surface area contributed by atoms with Gasteiger partial charge in [-0.15, -0.1) is 0 Å². The monoisotopic (exact) mass is 350 g/mol. The first-order chi connectivity index (χ1) is 9.22. The predicted molar refractivity (Wildman–Crippen MR) is 72.5 cm³/mol. The lowest BCUT2D eigenvalue weighted by molar-refractivity contribution is -0.141. The number of hydrogen-bond donors (Lipinski definition) is 3. The molecule has 1 aromatic rings. The van der Waals surface area contributed by atoms with Crippen LogP contribution in [0.4, 0.5) is 19.3 Å². The van der Waals surface area contributed by atoms with Crippen LogP contribution in [0.15, 0.2) is 16.6 Å². The molecule has 2 amide bonds. The fourth-order valence-corrected chi connectivity index (χ4v) is 1.76. The maximum absolute atomic E-state index is 13.5. The van der Waals surface area contributed by atoms with Gasteiger partial charge in [0.15, 0.2) is 11.6 Å². The Morgan fingerprint density at radius 3 is 2.20 bits per heavy atom. The van der Waals surface area contributed by atoms with Gasteiger partial charge in [0.05, 0.1) is 5.92 Å². The molecule has 110 valence electrons. The fraction of sp³-hybridized carbons (Fsp3) is 0.333. The molecule has 0 fully saturated rings. The average molecular weight is 351 g/mol. The van der Waals surface area contributed by atoms with Crippen molar-refractivity contribution < 1.29 is 23.5 Å². The highest BCUT2D eigenvalue weighted by Gasteiger charge is 2.22. The van der Waals surface area contributed by atoms with Gasteiger partial charge in [0, 0.05) is 10.5 Å². The van der Waals surface area contributed by atoms with E-state index < -0.39 is 41.3 Å². The zero-order valence-electron chi connectivity index (χ0n) is 10.7. The summed E-state index contributed by atoms with van der Waals surface area (Å²) in [6.07, 6.45) is 0. The lowest BCUT2D eigenvalue weighted by Gasteiger charge is -2.18. The van der Waals surface area contributed by atoms with E-state index in [0.717, 1.165) is 12.1 Å². The van der Waals surface area contributed by atoms with Crippen molar-refractivity contribution in [3.8, 4) is 0 Å². The Bertz CT molecular complexity index is 516. The predicted octanol–water partition coefficient (Wildman–Crippen LogP) is 2.96. The number of carboxylic acids is 1. The molecular formula is C12H13BrF2N2O3. The second-order valence-corrected chi connectivity index (χ2v) is 5.17. The number of benzene rings is 1. The van der Waals surface area contributed by atoms with Gasteiger partial charge in [0.1, 0.15) is 5.69 Å². The molecule has 3 N–H and O–H groups in total. The third-order valence-electron chi connectivity index (χ3n) is 2.74. The Morgan fingerprint density at radius 1 is 1.25 bits per heavy atom. The molecule has 0 saturated carbocycles. The minimum Gasteiger partial charge on any atom is -0.481 e. The number of carboxylic acid groups (broad SMARTS) is 1. The first-order valence-electron chi connectivity index (χ1n) is 5.67. The molecule has 20 heavy (non-hydrogen) atoms. The number of carbonyl (C=O) groups is 2. The molecule has 1 aromatic carbocycles. The maximum Gasteiger partial charge on any atom is 0.319 e. The van der Waals surface area contributed by atoms with Crippen LogP contribution in [-0.2, 0) is 4.79 Å². The van der Waals surface area contributed by atoms with Gasteiger partial charge >= 0.3 is 12.0 Å². The van der Waals surface area contributed by atoms with E-state index >= 15 is 0 Å². The molecule has 1 rings (SSSR count). The van der Waals surface area contributed by atoms with Gasteiger partial charge in [-0.2, -0.15) is 0 Å². The molecule has 0 aliphatic rings. The minimum absolute atomic E-state index is 0.200. The summed E-state index contributed by atoms with van der Waals surface area (Å²) >= 11 is 2.92. The van der Waals surface area contributed by atoms with Crippen LogP contribution >= 0.6 is 15.9 Å². The highest BCUT2D eigenvalue weighted by molar-refractivity contribution is 9.10. The molecule has 2 atom stereocenters. The average Bonchev–Trinajstić information content (AvgIpc) is 2.32. The second-order valence-electron chi connectivity index (χ2n) is 4.26. The van der Waals surface area contributed by atoms with Crippen LogP contribution in [0.5, 0.6) is 0 Å². The topological polar surface area (TPSA) is 78.4 Å². The first-order valence-corrected chi connectivity index (χ1v) is 6.46. The van der Waals surface area contributed by atoms with E-state index in [1.54, 1.807) is 0 Å². The van der Waals surface area contributed by atoms with Gasteiger partial charge in [0.25, 0.3) is 0 Å². The number of nitrogens with one attached hydrogen (secondary N) is 2. The summed E-state index contributed by atoms with van der Waals surface area (Å²) in [5, 5.41) is 13.1. The van der Waals surface area contributed by atoms with Crippen LogP contribution in [0.1, 0.15) is 13.8 Å². The van der Waals surface area contributed by atoms with E-state index in [1.165, 1.54) is 13.8 Å². The molecule has 0 radical (unpaired) electrons. The largest absolute Gasteiger partial charge is 0.481 e. The summed E-state index contributed by atoms with van der Waals surface area (Å²) in [5.41, 5.74) is -0.596. The number of aliphatic carboxylic acids is 1. The van der Waals surface area contributed by atoms with E-state index in [9.17, 15) is 18.4 Å². The van der Waals surface area contributed by atoms with E-state index in [2.05, 4.69) is 21.2 Å². The number of carbonyl (C=O) groups excluding carboxylic acids is 1. The second kappa shape index (κ2) is 6.65. The molecule has 0 saturated heterocycles. The van der Waals surface area contributed by atoms with Gasteiger partial charge in [-0.05, 0) is 26.0 Å². The lowest BCUT2D eigenvalue weighted by atomic mass is 10.0. The summed E-state index contributed by atoms with van der Waals surface area (Å²) in [5.74, 6) is -3.80. The molecule has 0 aliphatic heterocycles. The van der Waals surface area contributed by atoms with Crippen LogP contribution in [0.2, 0.25) is 0 Å². The minimum atomic E-state index is -1.08. The zero-order chi connectivity index (χ0) is 15.4. The lowest BCUT2D eigenvalue weighted by Crippen LogP contribution is -2.42. The van der Waals surface area contributed by atoms with Crippen molar-refractivity contribution in [3.63, 3.8) is 0 Å². The van der Waals surface area contributed by atoms with E-state index in [1.807, 2.05) is 5.32 Å². The Hall–Kier alpha value is -1.70. The van der Waals surface area contributed by atoms with Crippen molar-refractivity contribution in [2.24, 2.45) is 5.92 Å². The highest BCUT2D eigenvalue weighted by atomic mass is 79.9. The number of rotatable bonds is 4. The summed E-state index contributed by atoms with van der Waals surface area (Å²) in [6.45, 7) is 2.89. The highest BCUT2D eigenvalue weighted by Crippen LogP contribution is 2.23. The molecule has 0 heterocycles. The summed E-state index contributed by atoms with van der Waals surface area (Å²) in [4.78, 5) is 22.3. The smallest absolute Gasteiger partial charge is 0.319 e. The van der Waals surface area contributed by atoms with Gasteiger partial charge in [-0.25, -0.2) is 13.6 Å². The van der Waals surface area contributed by atoms with Crippen molar-refractivity contribution in [2.45, 2.75) is 19.9 Å². The van der Waals surface area contributed by atoms with Crippen molar-refractivity contribution >= 4 is 33.6 Å². The van der Waals surface area contributed by atoms with Gasteiger partial charge < -0.3 is 15.7 Å². The van der Waals surface area contributed by atoms with Crippen LogP contribution in [0.3, 0.4) is 0 Å². The van der Waals surface area contributed by atoms with Crippen molar-refractivity contribution in [3.05, 3.63) is 28.2 Å². The zero-order valence-corrected chi connectivity index (χ0v) is 12.3. The van der Waals surface area contributed by atoms with Crippen LogP contribution in [-0.4, -0.2) is 23.1 Å². The summed E-state index contributed by atoms with van der Waals surface area (Å²) in [6, 6.07) is 0.420. The van der Waals surface area contributed by atoms with Gasteiger partial charge in [0.2, 0.25) is 0 Å². The van der Waals surface area contributed by atoms with Crippen molar-refractivity contribution in [1.82, 2.24) is 5.32 Å². The number of urea groups is 1. The van der Waals surface area contributed by atoms with Crippen molar-refractivity contribution in [2.75, 3.05) is 5.32 Å². The third kappa shape index (κ3) is 4.16. The third-order valence-corrected chi connectivity index (χ3v) is 3.20. The molecule has 0 aromatic heterocycles. The molecule has 0 aliphatic carbocycles. The fourth-order valence-electron chi connectivity index (χ4n) is 1.36. The van der Waals surface area contributed by atoms with Crippen LogP contribution < -0.4 is 10.6 Å².